The van der Waals surface area contributed by atoms with Gasteiger partial charge in [0.05, 0.1) is 6.07 Å². The fraction of sp³-hybridized carbons (Fsp3) is 0.467. The number of hydrogen-bond donors (Lipinski definition) is 1. The van der Waals surface area contributed by atoms with Crippen LogP contribution in [0.25, 0.3) is 0 Å². The van der Waals surface area contributed by atoms with Crippen molar-refractivity contribution in [1.82, 2.24) is 5.32 Å². The third kappa shape index (κ3) is 2.77. The molecule has 0 radical (unpaired) electrons. The minimum Gasteiger partial charge on any atom is -0.319 e. The van der Waals surface area contributed by atoms with Crippen LogP contribution < -0.4 is 10.2 Å². The van der Waals surface area contributed by atoms with E-state index in [0.29, 0.717) is 6.42 Å². The maximum atomic E-state index is 12.0. The number of anilines is 1. The van der Waals surface area contributed by atoms with Crippen molar-refractivity contribution in [2.24, 2.45) is 0 Å². The maximum Gasteiger partial charge on any atom is 0.228 e. The average molecular weight is 257 g/mol. The van der Waals surface area contributed by atoms with E-state index in [9.17, 15) is 4.79 Å². The molecule has 1 aromatic carbocycles. The number of benzene rings is 1. The Balaban J connectivity index is 2.31. The summed E-state index contributed by atoms with van der Waals surface area (Å²) in [5.41, 5.74) is 3.35. The molecule has 0 saturated carbocycles. The molecule has 1 aliphatic heterocycles. The normalized spacial score (nSPS) is 15.8. The highest BCUT2D eigenvalue weighted by Gasteiger charge is 2.28. The quantitative estimate of drug-likeness (QED) is 0.892. The lowest BCUT2D eigenvalue weighted by molar-refractivity contribution is -0.119. The summed E-state index contributed by atoms with van der Waals surface area (Å²) in [6, 6.07) is 7.93. The van der Waals surface area contributed by atoms with Crippen LogP contribution in [0.3, 0.4) is 0 Å². The third-order valence-corrected chi connectivity index (χ3v) is 3.52. The van der Waals surface area contributed by atoms with Gasteiger partial charge in [-0.05, 0) is 50.6 Å². The molecule has 1 unspecified atom stereocenters. The predicted octanol–water partition coefficient (Wildman–Crippen LogP) is 1.64. The molecule has 0 saturated heterocycles. The van der Waals surface area contributed by atoms with Gasteiger partial charge < -0.3 is 5.32 Å². The monoisotopic (exact) mass is 257 g/mol. The molecule has 0 spiro atoms. The topological polar surface area (TPSA) is 56.1 Å². The van der Waals surface area contributed by atoms with Crippen LogP contribution in [0.15, 0.2) is 18.2 Å². The van der Waals surface area contributed by atoms with Crippen LogP contribution in [-0.2, 0) is 17.6 Å². The van der Waals surface area contributed by atoms with Crippen molar-refractivity contribution in [3.8, 4) is 6.07 Å². The molecule has 1 atom stereocenters. The number of carbonyl (C=O) groups excluding carboxylic acids is 1. The molecule has 1 N–H and O–H groups in total. The van der Waals surface area contributed by atoms with Crippen molar-refractivity contribution in [3.63, 3.8) is 0 Å². The minimum absolute atomic E-state index is 0.0459. The number of carbonyl (C=O) groups is 1. The molecular formula is C15H19N3O. The van der Waals surface area contributed by atoms with E-state index in [0.717, 1.165) is 25.1 Å². The lowest BCUT2D eigenvalue weighted by atomic mass is 9.96. The second kappa shape index (κ2) is 5.85. The van der Waals surface area contributed by atoms with E-state index in [1.165, 1.54) is 11.1 Å². The SMILES string of the molecule is CNCCc1ccc2c(c1)CCC(=O)N2C(C)C#N. The van der Waals surface area contributed by atoms with Gasteiger partial charge in [0.2, 0.25) is 5.91 Å². The highest BCUT2D eigenvalue weighted by Crippen LogP contribution is 2.30. The number of rotatable bonds is 4. The number of amides is 1. The Labute approximate surface area is 114 Å². The van der Waals surface area contributed by atoms with Crippen molar-refractivity contribution in [3.05, 3.63) is 29.3 Å². The molecule has 0 fully saturated rings. The summed E-state index contributed by atoms with van der Waals surface area (Å²) in [6.45, 7) is 2.71. The van der Waals surface area contributed by atoms with Gasteiger partial charge in [0.25, 0.3) is 0 Å². The van der Waals surface area contributed by atoms with Crippen molar-refractivity contribution >= 4 is 11.6 Å². The lowest BCUT2D eigenvalue weighted by Gasteiger charge is -2.31. The second-order valence-corrected chi connectivity index (χ2v) is 4.89. The van der Waals surface area contributed by atoms with Gasteiger partial charge in [0.15, 0.2) is 0 Å². The molecule has 0 bridgehead atoms. The van der Waals surface area contributed by atoms with E-state index in [1.807, 2.05) is 19.2 Å². The van der Waals surface area contributed by atoms with E-state index < -0.39 is 6.04 Å². The molecule has 100 valence electrons. The first kappa shape index (κ1) is 13.6. The number of nitrogens with one attached hydrogen (secondary N) is 1. The Hall–Kier alpha value is -1.86. The predicted molar refractivity (Wildman–Crippen MR) is 75.0 cm³/mol. The largest absolute Gasteiger partial charge is 0.319 e. The summed E-state index contributed by atoms with van der Waals surface area (Å²) in [5.74, 6) is 0.0459. The van der Waals surface area contributed by atoms with Crippen molar-refractivity contribution in [1.29, 1.82) is 5.26 Å². The summed E-state index contributed by atoms with van der Waals surface area (Å²) in [6.07, 6.45) is 2.25. The standard InChI is InChI=1S/C15H19N3O/c1-11(10-16)18-14-5-3-12(7-8-17-2)9-13(14)4-6-15(18)19/h3,5,9,11,17H,4,6-8H2,1-2H3. The van der Waals surface area contributed by atoms with Gasteiger partial charge >= 0.3 is 0 Å². The van der Waals surface area contributed by atoms with E-state index in [4.69, 9.17) is 5.26 Å². The fourth-order valence-corrected chi connectivity index (χ4v) is 2.48. The number of nitrogens with zero attached hydrogens (tertiary/aromatic N) is 2. The van der Waals surface area contributed by atoms with Crippen LogP contribution in [0, 0.1) is 11.3 Å². The van der Waals surface area contributed by atoms with Crippen LogP contribution in [0.1, 0.15) is 24.5 Å². The van der Waals surface area contributed by atoms with Gasteiger partial charge in [-0.1, -0.05) is 12.1 Å². The molecule has 2 rings (SSSR count). The average Bonchev–Trinajstić information content (AvgIpc) is 2.44. The van der Waals surface area contributed by atoms with Crippen LogP contribution in [0.4, 0.5) is 5.69 Å². The smallest absolute Gasteiger partial charge is 0.228 e. The zero-order valence-corrected chi connectivity index (χ0v) is 11.4. The van der Waals surface area contributed by atoms with Crippen LogP contribution in [0.5, 0.6) is 0 Å². The number of nitriles is 1. The van der Waals surface area contributed by atoms with Gasteiger partial charge in [-0.2, -0.15) is 5.26 Å². The number of hydrogen-bond acceptors (Lipinski definition) is 3. The Kier molecular flexibility index (Phi) is 4.18. The molecule has 0 aromatic heterocycles. The number of fused-ring (bicyclic) bond motifs is 1. The van der Waals surface area contributed by atoms with Crippen molar-refractivity contribution < 1.29 is 4.79 Å². The van der Waals surface area contributed by atoms with E-state index in [-0.39, 0.29) is 5.91 Å². The molecule has 0 aliphatic carbocycles. The summed E-state index contributed by atoms with van der Waals surface area (Å²) in [4.78, 5) is 13.6. The Morgan fingerprint density at radius 2 is 2.26 bits per heavy atom. The van der Waals surface area contributed by atoms with E-state index in [2.05, 4.69) is 17.5 Å². The van der Waals surface area contributed by atoms with E-state index >= 15 is 0 Å². The molecule has 1 aliphatic rings. The first-order valence-corrected chi connectivity index (χ1v) is 6.65. The highest BCUT2D eigenvalue weighted by atomic mass is 16.2. The van der Waals surface area contributed by atoms with Crippen molar-refractivity contribution in [2.75, 3.05) is 18.5 Å². The Bertz CT molecular complexity index is 519. The number of likely N-dealkylation sites (N-methyl/N-ethyl adjacent to an activating group) is 1. The lowest BCUT2D eigenvalue weighted by Crippen LogP contribution is -2.41. The van der Waals surface area contributed by atoms with Gasteiger partial charge in [0, 0.05) is 12.1 Å². The third-order valence-electron chi connectivity index (χ3n) is 3.52. The highest BCUT2D eigenvalue weighted by molar-refractivity contribution is 5.97. The first-order valence-electron chi connectivity index (χ1n) is 6.65. The Morgan fingerprint density at radius 3 is 2.95 bits per heavy atom. The zero-order valence-electron chi connectivity index (χ0n) is 11.4. The molecule has 1 aromatic rings. The summed E-state index contributed by atoms with van der Waals surface area (Å²) < 4.78 is 0. The van der Waals surface area contributed by atoms with Gasteiger partial charge in [-0.25, -0.2) is 0 Å². The van der Waals surface area contributed by atoms with E-state index in [1.54, 1.807) is 11.8 Å². The molecule has 1 amide bonds. The molecule has 1 heterocycles. The van der Waals surface area contributed by atoms with Gasteiger partial charge in [-0.3, -0.25) is 9.69 Å². The minimum atomic E-state index is -0.408. The van der Waals surface area contributed by atoms with Crippen molar-refractivity contribution in [2.45, 2.75) is 32.2 Å². The molecule has 4 heteroatoms. The van der Waals surface area contributed by atoms with Gasteiger partial charge in [-0.15, -0.1) is 0 Å². The van der Waals surface area contributed by atoms with Crippen LogP contribution in [0.2, 0.25) is 0 Å². The number of aryl methyl sites for hydroxylation is 1. The van der Waals surface area contributed by atoms with Crippen LogP contribution >= 0.6 is 0 Å². The second-order valence-electron chi connectivity index (χ2n) is 4.89. The van der Waals surface area contributed by atoms with Crippen LogP contribution in [-0.4, -0.2) is 25.5 Å². The summed E-state index contributed by atoms with van der Waals surface area (Å²) in [5, 5.41) is 12.2. The summed E-state index contributed by atoms with van der Waals surface area (Å²) in [7, 11) is 1.94. The Morgan fingerprint density at radius 1 is 1.47 bits per heavy atom. The molecular weight excluding hydrogens is 238 g/mol. The maximum absolute atomic E-state index is 12.0. The fourth-order valence-electron chi connectivity index (χ4n) is 2.48. The molecule has 4 nitrogen and oxygen atoms in total. The summed E-state index contributed by atoms with van der Waals surface area (Å²) >= 11 is 0. The first-order chi connectivity index (χ1) is 9.17. The zero-order chi connectivity index (χ0) is 13.8. The van der Waals surface area contributed by atoms with Gasteiger partial charge in [0.1, 0.15) is 6.04 Å². The molecule has 19 heavy (non-hydrogen) atoms.